The van der Waals surface area contributed by atoms with Crippen molar-refractivity contribution in [2.75, 3.05) is 0 Å². The summed E-state index contributed by atoms with van der Waals surface area (Å²) in [6.07, 6.45) is 0. The smallest absolute Gasteiger partial charge is 0.322 e. The van der Waals surface area contributed by atoms with E-state index < -0.39 is 22.1 Å². The molecule has 0 aliphatic heterocycles. The molecule has 14 heavy (non-hydrogen) atoms. The van der Waals surface area contributed by atoms with Crippen LogP contribution >= 0.6 is 15.9 Å². The number of aromatic hydroxyl groups is 1. The van der Waals surface area contributed by atoms with Gasteiger partial charge in [-0.2, -0.15) is 0 Å². The lowest BCUT2D eigenvalue weighted by atomic mass is 10.1. The first-order valence-corrected chi connectivity index (χ1v) is 4.41. The molecular formula is C8H6BrNO4. The van der Waals surface area contributed by atoms with Crippen molar-refractivity contribution in [3.63, 3.8) is 0 Å². The maximum absolute atomic E-state index is 11.1. The van der Waals surface area contributed by atoms with Gasteiger partial charge >= 0.3 is 5.69 Å². The van der Waals surface area contributed by atoms with E-state index >= 15 is 0 Å². The number of nitro groups is 1. The fourth-order valence-corrected chi connectivity index (χ4v) is 1.67. The second kappa shape index (κ2) is 3.75. The predicted molar refractivity (Wildman–Crippen MR) is 52.5 cm³/mol. The Hall–Kier alpha value is -1.43. The number of carbonyl (C=O) groups is 1. The van der Waals surface area contributed by atoms with E-state index in [1.807, 2.05) is 0 Å². The summed E-state index contributed by atoms with van der Waals surface area (Å²) in [7, 11) is 0. The van der Waals surface area contributed by atoms with Gasteiger partial charge in [-0.1, -0.05) is 0 Å². The molecule has 1 aromatic carbocycles. The quantitative estimate of drug-likeness (QED) is 0.502. The number of hydrogen-bond acceptors (Lipinski definition) is 4. The lowest BCUT2D eigenvalue weighted by Crippen LogP contribution is -2.01. The standard InChI is InChI=1S/C8H6BrNO4/c1-4(11)7-5(9)2-3-6(12)8(7)10(13)14/h2-3,12H,1H3. The fourth-order valence-electron chi connectivity index (χ4n) is 1.08. The first-order chi connectivity index (χ1) is 6.45. The number of nitro benzene ring substituents is 1. The molecule has 0 aromatic heterocycles. The van der Waals surface area contributed by atoms with Crippen molar-refractivity contribution in [3.05, 3.63) is 32.3 Å². The molecule has 0 aliphatic carbocycles. The van der Waals surface area contributed by atoms with E-state index in [4.69, 9.17) is 0 Å². The van der Waals surface area contributed by atoms with Crippen molar-refractivity contribution in [1.29, 1.82) is 0 Å². The topological polar surface area (TPSA) is 80.4 Å². The van der Waals surface area contributed by atoms with Gasteiger partial charge in [-0.15, -0.1) is 0 Å². The summed E-state index contributed by atoms with van der Waals surface area (Å²) in [5, 5.41) is 19.8. The number of hydrogen-bond donors (Lipinski definition) is 1. The van der Waals surface area contributed by atoms with Crippen LogP contribution in [0.5, 0.6) is 5.75 Å². The van der Waals surface area contributed by atoms with Gasteiger partial charge in [0.1, 0.15) is 5.56 Å². The third kappa shape index (κ3) is 1.74. The maximum atomic E-state index is 11.1. The van der Waals surface area contributed by atoms with Gasteiger partial charge in [0.2, 0.25) is 0 Å². The molecule has 6 heteroatoms. The molecule has 0 spiro atoms. The van der Waals surface area contributed by atoms with Crippen LogP contribution in [0.25, 0.3) is 0 Å². The number of phenols is 1. The van der Waals surface area contributed by atoms with Gasteiger partial charge in [0.15, 0.2) is 11.5 Å². The first kappa shape index (κ1) is 10.6. The molecule has 5 nitrogen and oxygen atoms in total. The van der Waals surface area contributed by atoms with Gasteiger partial charge in [0, 0.05) is 4.47 Å². The average molecular weight is 260 g/mol. The Morgan fingerprint density at radius 1 is 1.57 bits per heavy atom. The van der Waals surface area contributed by atoms with Crippen LogP contribution in [-0.4, -0.2) is 15.8 Å². The van der Waals surface area contributed by atoms with Crippen LogP contribution in [0.4, 0.5) is 5.69 Å². The van der Waals surface area contributed by atoms with Gasteiger partial charge in [-0.05, 0) is 35.0 Å². The molecule has 0 saturated heterocycles. The third-order valence-corrected chi connectivity index (χ3v) is 2.30. The Morgan fingerprint density at radius 3 is 2.50 bits per heavy atom. The number of ketones is 1. The minimum atomic E-state index is -0.781. The summed E-state index contributed by atoms with van der Waals surface area (Å²) in [6, 6.07) is 2.55. The molecule has 0 unspecified atom stereocenters. The van der Waals surface area contributed by atoms with Crippen molar-refractivity contribution in [2.45, 2.75) is 6.92 Å². The highest BCUT2D eigenvalue weighted by atomic mass is 79.9. The summed E-state index contributed by atoms with van der Waals surface area (Å²) in [4.78, 5) is 20.9. The Bertz CT molecular complexity index is 377. The molecule has 0 radical (unpaired) electrons. The van der Waals surface area contributed by atoms with Gasteiger partial charge in [-0.3, -0.25) is 14.9 Å². The third-order valence-electron chi connectivity index (χ3n) is 1.64. The molecule has 74 valence electrons. The lowest BCUT2D eigenvalue weighted by Gasteiger charge is -2.02. The van der Waals surface area contributed by atoms with Crippen molar-refractivity contribution in [1.82, 2.24) is 0 Å². The summed E-state index contributed by atoms with van der Waals surface area (Å²) < 4.78 is 0.300. The minimum Gasteiger partial charge on any atom is -0.502 e. The lowest BCUT2D eigenvalue weighted by molar-refractivity contribution is -0.386. The Morgan fingerprint density at radius 2 is 2.14 bits per heavy atom. The van der Waals surface area contributed by atoms with Crippen LogP contribution in [0, 0.1) is 10.1 Å². The normalized spacial score (nSPS) is 9.86. The van der Waals surface area contributed by atoms with E-state index in [-0.39, 0.29) is 5.56 Å². The zero-order valence-electron chi connectivity index (χ0n) is 7.15. The second-order valence-electron chi connectivity index (χ2n) is 2.60. The zero-order valence-corrected chi connectivity index (χ0v) is 8.74. The molecule has 1 aromatic rings. The summed E-state index contributed by atoms with van der Waals surface area (Å²) in [5.41, 5.74) is -0.679. The molecule has 0 atom stereocenters. The highest BCUT2D eigenvalue weighted by Gasteiger charge is 2.24. The number of halogens is 1. The highest BCUT2D eigenvalue weighted by Crippen LogP contribution is 2.34. The molecule has 1 rings (SSSR count). The van der Waals surface area contributed by atoms with Gasteiger partial charge in [0.25, 0.3) is 0 Å². The Balaban J connectivity index is 3.58. The van der Waals surface area contributed by atoms with Crippen molar-refractivity contribution in [3.8, 4) is 5.75 Å². The molecule has 0 bridgehead atoms. The minimum absolute atomic E-state index is 0.116. The van der Waals surface area contributed by atoms with E-state index in [1.165, 1.54) is 13.0 Å². The number of rotatable bonds is 2. The summed E-state index contributed by atoms with van der Waals surface area (Å²) >= 11 is 3.01. The van der Waals surface area contributed by atoms with Crippen molar-refractivity contribution >= 4 is 27.4 Å². The van der Waals surface area contributed by atoms with Crippen molar-refractivity contribution < 1.29 is 14.8 Å². The SMILES string of the molecule is CC(=O)c1c(Br)ccc(O)c1[N+](=O)[O-]. The molecule has 0 saturated carbocycles. The monoisotopic (exact) mass is 259 g/mol. The largest absolute Gasteiger partial charge is 0.502 e. The van der Waals surface area contributed by atoms with Crippen LogP contribution in [0.15, 0.2) is 16.6 Å². The molecule has 0 fully saturated rings. The average Bonchev–Trinajstić information content (AvgIpc) is 2.07. The van der Waals surface area contributed by atoms with Crippen LogP contribution in [0.2, 0.25) is 0 Å². The van der Waals surface area contributed by atoms with Gasteiger partial charge < -0.3 is 5.11 Å². The first-order valence-electron chi connectivity index (χ1n) is 3.62. The van der Waals surface area contributed by atoms with Crippen LogP contribution < -0.4 is 0 Å². The number of benzene rings is 1. The summed E-state index contributed by atoms with van der Waals surface area (Å²) in [5.74, 6) is -0.983. The van der Waals surface area contributed by atoms with Crippen LogP contribution in [0.1, 0.15) is 17.3 Å². The molecule has 0 aliphatic rings. The predicted octanol–water partition coefficient (Wildman–Crippen LogP) is 2.27. The fraction of sp³-hybridized carbons (Fsp3) is 0.125. The van der Waals surface area contributed by atoms with Gasteiger partial charge in [0.05, 0.1) is 4.92 Å². The number of phenolic OH excluding ortho intramolecular Hbond substituents is 1. The highest BCUT2D eigenvalue weighted by molar-refractivity contribution is 9.10. The second-order valence-corrected chi connectivity index (χ2v) is 3.46. The maximum Gasteiger partial charge on any atom is 0.322 e. The molecular weight excluding hydrogens is 254 g/mol. The van der Waals surface area contributed by atoms with E-state index in [0.717, 1.165) is 6.07 Å². The van der Waals surface area contributed by atoms with Crippen molar-refractivity contribution in [2.24, 2.45) is 0 Å². The number of nitrogens with zero attached hydrogens (tertiary/aromatic N) is 1. The van der Waals surface area contributed by atoms with Crippen LogP contribution in [0.3, 0.4) is 0 Å². The Kier molecular flexibility index (Phi) is 2.85. The van der Waals surface area contributed by atoms with Gasteiger partial charge in [-0.25, -0.2) is 0 Å². The molecule has 0 amide bonds. The summed E-state index contributed by atoms with van der Waals surface area (Å²) in [6.45, 7) is 1.20. The van der Waals surface area contributed by atoms with E-state index in [9.17, 15) is 20.0 Å². The molecule has 0 heterocycles. The van der Waals surface area contributed by atoms with E-state index in [0.29, 0.717) is 4.47 Å². The number of carbonyl (C=O) groups excluding carboxylic acids is 1. The van der Waals surface area contributed by atoms with E-state index in [2.05, 4.69) is 15.9 Å². The Labute approximate surface area is 87.6 Å². The van der Waals surface area contributed by atoms with Crippen LogP contribution in [-0.2, 0) is 0 Å². The molecule has 1 N–H and O–H groups in total. The van der Waals surface area contributed by atoms with E-state index in [1.54, 1.807) is 0 Å². The number of Topliss-reactive ketones (excluding diaryl/α,β-unsaturated/α-hetero) is 1. The zero-order chi connectivity index (χ0) is 10.9.